The van der Waals surface area contributed by atoms with Gasteiger partial charge in [0.2, 0.25) is 0 Å². The van der Waals surface area contributed by atoms with Crippen LogP contribution in [0, 0.1) is 11.8 Å². The minimum absolute atomic E-state index is 0.727. The molecular weight excluding hydrogens is 228 g/mol. The van der Waals surface area contributed by atoms with Gasteiger partial charge in [-0.3, -0.25) is 0 Å². The van der Waals surface area contributed by atoms with Crippen molar-refractivity contribution < 1.29 is 0 Å². The highest BCUT2D eigenvalue weighted by Gasteiger charge is 2.00. The Kier molecular flexibility index (Phi) is 12.7. The summed E-state index contributed by atoms with van der Waals surface area (Å²) in [6.45, 7) is 11.8. The van der Waals surface area contributed by atoms with Gasteiger partial charge in [-0.25, -0.2) is 0 Å². The molecule has 0 heterocycles. The molecule has 0 amide bonds. The highest BCUT2D eigenvalue weighted by Crippen LogP contribution is 2.15. The Bertz CT molecular complexity index is 246. The first-order valence-corrected chi connectivity index (χ1v) is 7.72. The Labute approximate surface area is 121 Å². The maximum absolute atomic E-state index is 3.65. The van der Waals surface area contributed by atoms with E-state index in [0.29, 0.717) is 0 Å². The second-order valence-electron chi connectivity index (χ2n) is 5.60. The molecule has 2 aliphatic carbocycles. The van der Waals surface area contributed by atoms with Gasteiger partial charge < -0.3 is 0 Å². The van der Waals surface area contributed by atoms with Gasteiger partial charge in [-0.2, -0.15) is 0 Å². The average Bonchev–Trinajstić information content (AvgIpc) is 3.05. The summed E-state index contributed by atoms with van der Waals surface area (Å²) < 4.78 is 0. The van der Waals surface area contributed by atoms with Gasteiger partial charge in [-0.1, -0.05) is 50.3 Å². The zero-order chi connectivity index (χ0) is 14.3. The molecule has 0 spiro atoms. The van der Waals surface area contributed by atoms with Crippen LogP contribution in [0.5, 0.6) is 0 Å². The lowest BCUT2D eigenvalue weighted by atomic mass is 10.0. The molecule has 0 nitrogen and oxygen atoms in total. The van der Waals surface area contributed by atoms with Crippen molar-refractivity contribution in [2.75, 3.05) is 0 Å². The predicted octanol–water partition coefficient (Wildman–Crippen LogP) is 6.47. The predicted molar refractivity (Wildman–Crippen MR) is 89.3 cm³/mol. The molecule has 0 fully saturated rings. The van der Waals surface area contributed by atoms with Crippen LogP contribution >= 0.6 is 0 Å². The van der Waals surface area contributed by atoms with E-state index in [-0.39, 0.29) is 0 Å². The molecule has 0 saturated heterocycles. The maximum atomic E-state index is 3.65. The number of hydrogen-bond acceptors (Lipinski definition) is 0. The van der Waals surface area contributed by atoms with Crippen LogP contribution in [0.2, 0.25) is 0 Å². The third-order valence-corrected chi connectivity index (χ3v) is 3.29. The van der Waals surface area contributed by atoms with Crippen molar-refractivity contribution in [2.24, 2.45) is 11.8 Å². The van der Waals surface area contributed by atoms with E-state index in [0.717, 1.165) is 24.7 Å². The molecule has 0 saturated carbocycles. The molecular formula is C19H32. The Morgan fingerprint density at radius 2 is 1.47 bits per heavy atom. The van der Waals surface area contributed by atoms with Crippen molar-refractivity contribution in [3.63, 3.8) is 0 Å². The number of hydrogen-bond donors (Lipinski definition) is 0. The fourth-order valence-corrected chi connectivity index (χ4v) is 2.01. The van der Waals surface area contributed by atoms with Crippen molar-refractivity contribution >= 4 is 0 Å². The van der Waals surface area contributed by atoms with Gasteiger partial charge in [0.05, 0.1) is 0 Å². The van der Waals surface area contributed by atoms with Crippen molar-refractivity contribution in [3.05, 3.63) is 49.6 Å². The van der Waals surface area contributed by atoms with E-state index in [1.807, 2.05) is 12.2 Å². The Morgan fingerprint density at radius 1 is 1.00 bits per heavy atom. The Morgan fingerprint density at radius 3 is 1.68 bits per heavy atom. The lowest BCUT2D eigenvalue weighted by Gasteiger charge is -2.01. The summed E-state index contributed by atoms with van der Waals surface area (Å²) in [6, 6.07) is 0. The summed E-state index contributed by atoms with van der Waals surface area (Å²) in [4.78, 5) is 0. The lowest BCUT2D eigenvalue weighted by Crippen LogP contribution is -1.87. The Balaban J connectivity index is 0.000000262. The zero-order valence-electron chi connectivity index (χ0n) is 13.0. The van der Waals surface area contributed by atoms with Crippen LogP contribution in [0.4, 0.5) is 0 Å². The number of allylic oxidation sites excluding steroid dienone is 6. The van der Waals surface area contributed by atoms with Crippen LogP contribution in [-0.2, 0) is 0 Å². The lowest BCUT2D eigenvalue weighted by molar-refractivity contribution is 0.604. The zero-order valence-corrected chi connectivity index (χ0v) is 13.0. The van der Waals surface area contributed by atoms with Crippen molar-refractivity contribution in [1.82, 2.24) is 0 Å². The highest BCUT2D eigenvalue weighted by atomic mass is 14.1. The molecule has 2 aliphatic rings. The van der Waals surface area contributed by atoms with Crippen LogP contribution in [0.3, 0.4) is 0 Å². The highest BCUT2D eigenvalue weighted by molar-refractivity contribution is 4.92. The van der Waals surface area contributed by atoms with Gasteiger partial charge in [0, 0.05) is 0 Å². The second-order valence-corrected chi connectivity index (χ2v) is 5.60. The first-order valence-electron chi connectivity index (χ1n) is 7.72. The van der Waals surface area contributed by atoms with Crippen LogP contribution in [0.1, 0.15) is 58.8 Å². The molecule has 2 rings (SSSR count). The molecule has 19 heavy (non-hydrogen) atoms. The topological polar surface area (TPSA) is 0 Å². The van der Waals surface area contributed by atoms with E-state index >= 15 is 0 Å². The molecule has 0 aliphatic heterocycles. The third kappa shape index (κ3) is 13.2. The smallest absolute Gasteiger partial charge is 0.0322 e. The van der Waals surface area contributed by atoms with Gasteiger partial charge in [0.15, 0.2) is 0 Å². The van der Waals surface area contributed by atoms with Crippen LogP contribution in [-0.4, -0.2) is 0 Å². The average molecular weight is 260 g/mol. The van der Waals surface area contributed by atoms with Crippen LogP contribution in [0.15, 0.2) is 49.6 Å². The van der Waals surface area contributed by atoms with E-state index in [4.69, 9.17) is 0 Å². The minimum Gasteiger partial charge on any atom is -0.103 e. The van der Waals surface area contributed by atoms with Gasteiger partial charge in [-0.05, 0) is 56.8 Å². The molecule has 0 radical (unpaired) electrons. The molecule has 0 unspecified atom stereocenters. The summed E-state index contributed by atoms with van der Waals surface area (Å²) in [5.74, 6) is 1.66. The van der Waals surface area contributed by atoms with E-state index < -0.39 is 0 Å². The maximum Gasteiger partial charge on any atom is -0.0322 e. The molecule has 0 aromatic carbocycles. The van der Waals surface area contributed by atoms with E-state index in [1.165, 1.54) is 32.1 Å². The molecule has 0 aromatic heterocycles. The van der Waals surface area contributed by atoms with Gasteiger partial charge in [-0.15, -0.1) is 13.2 Å². The normalized spacial score (nSPS) is 16.6. The summed E-state index contributed by atoms with van der Waals surface area (Å²) in [5.41, 5.74) is 0. The molecule has 0 heteroatoms. The summed E-state index contributed by atoms with van der Waals surface area (Å²) >= 11 is 0. The largest absolute Gasteiger partial charge is 0.103 e. The fourth-order valence-electron chi connectivity index (χ4n) is 2.01. The van der Waals surface area contributed by atoms with E-state index in [2.05, 4.69) is 51.3 Å². The molecule has 0 N–H and O–H groups in total. The number of rotatable bonds is 4. The van der Waals surface area contributed by atoms with Crippen molar-refractivity contribution in [1.29, 1.82) is 0 Å². The van der Waals surface area contributed by atoms with Gasteiger partial charge in [0.25, 0.3) is 0 Å². The van der Waals surface area contributed by atoms with Crippen molar-refractivity contribution in [3.8, 4) is 0 Å². The molecule has 0 aromatic rings. The molecule has 0 bridgehead atoms. The van der Waals surface area contributed by atoms with Crippen molar-refractivity contribution in [2.45, 2.75) is 58.8 Å². The first-order chi connectivity index (χ1) is 9.20. The summed E-state index contributed by atoms with van der Waals surface area (Å²) in [6.07, 6.45) is 21.7. The first kappa shape index (κ1) is 18.0. The van der Waals surface area contributed by atoms with Crippen LogP contribution < -0.4 is 0 Å². The third-order valence-electron chi connectivity index (χ3n) is 3.29. The van der Waals surface area contributed by atoms with Gasteiger partial charge >= 0.3 is 0 Å². The van der Waals surface area contributed by atoms with Gasteiger partial charge in [0.1, 0.15) is 0 Å². The molecule has 0 atom stereocenters. The molecule has 108 valence electrons. The van der Waals surface area contributed by atoms with Crippen LogP contribution in [0.25, 0.3) is 0 Å². The SMILES string of the molecule is C1=CCCC1.C=CCC(C)CC=C.CC1CC=CC1. The summed E-state index contributed by atoms with van der Waals surface area (Å²) in [7, 11) is 0. The minimum atomic E-state index is 0.727. The van der Waals surface area contributed by atoms with E-state index in [9.17, 15) is 0 Å². The monoisotopic (exact) mass is 260 g/mol. The van der Waals surface area contributed by atoms with E-state index in [1.54, 1.807) is 0 Å². The summed E-state index contributed by atoms with van der Waals surface area (Å²) in [5, 5.41) is 0. The standard InChI is InChI=1S/C8H14.C6H10.C5H8/c1-4-6-8(3)7-5-2;1-6-4-2-3-5-6;1-2-4-5-3-1/h4-5,8H,1-2,6-7H2,3H3;2-3,6H,4-5H2,1H3;1-2H,3-5H2. The quantitative estimate of drug-likeness (QED) is 0.508. The Hall–Kier alpha value is -1.04. The fraction of sp³-hybridized carbons (Fsp3) is 0.579. The second kappa shape index (κ2) is 13.4.